The molecule has 154 valence electrons. The third-order valence-electron chi connectivity index (χ3n) is 4.46. The summed E-state index contributed by atoms with van der Waals surface area (Å²) in [6, 6.07) is 25.6. The first-order valence-electron chi connectivity index (χ1n) is 9.66. The van der Waals surface area contributed by atoms with Crippen molar-refractivity contribution in [3.05, 3.63) is 96.1 Å². The molecule has 0 aliphatic rings. The predicted molar refractivity (Wildman–Crippen MR) is 116 cm³/mol. The second kappa shape index (κ2) is 10.1. The van der Waals surface area contributed by atoms with Crippen LogP contribution in [0.2, 0.25) is 0 Å². The first kappa shape index (κ1) is 20.9. The van der Waals surface area contributed by atoms with Crippen molar-refractivity contribution < 1.29 is 19.1 Å². The highest BCUT2D eigenvalue weighted by molar-refractivity contribution is 5.85. The molecule has 2 atom stereocenters. The van der Waals surface area contributed by atoms with E-state index in [4.69, 9.17) is 9.47 Å². The minimum Gasteiger partial charge on any atom is -0.441 e. The number of carbonyl (C=O) groups excluding carboxylic acids is 2. The van der Waals surface area contributed by atoms with Crippen LogP contribution >= 0.6 is 0 Å². The second-order valence-corrected chi connectivity index (χ2v) is 6.75. The maximum Gasteiger partial charge on any atom is 0.412 e. The minimum atomic E-state index is -0.536. The smallest absolute Gasteiger partial charge is 0.412 e. The lowest BCUT2D eigenvalue weighted by molar-refractivity contribution is 0.118. The van der Waals surface area contributed by atoms with E-state index in [0.717, 1.165) is 11.1 Å². The Labute approximate surface area is 175 Å². The molecule has 0 saturated carbocycles. The number of carbonyl (C=O) groups is 2. The van der Waals surface area contributed by atoms with Crippen LogP contribution in [-0.4, -0.2) is 12.2 Å². The van der Waals surface area contributed by atoms with E-state index in [-0.39, 0.29) is 0 Å². The largest absolute Gasteiger partial charge is 0.441 e. The monoisotopic (exact) mass is 404 g/mol. The third kappa shape index (κ3) is 6.10. The van der Waals surface area contributed by atoms with Crippen LogP contribution in [0.1, 0.15) is 37.2 Å². The second-order valence-electron chi connectivity index (χ2n) is 6.75. The number of ether oxygens (including phenoxy) is 2. The van der Waals surface area contributed by atoms with Crippen LogP contribution in [0.5, 0.6) is 0 Å². The number of amides is 2. The molecule has 0 unspecified atom stereocenters. The standard InChI is InChI=1S/C24H24N2O4/c1-17(29-23(27)25-21-12-5-3-6-13-21)19-10-9-11-20(16-19)18(2)30-24(28)26-22-14-7-4-8-15-22/h3-18H,1-2H3,(H,25,27)(H,26,28)/t17-,18+. The fraction of sp³-hybridized carbons (Fsp3) is 0.167. The third-order valence-corrected chi connectivity index (χ3v) is 4.46. The van der Waals surface area contributed by atoms with Gasteiger partial charge in [-0.3, -0.25) is 10.6 Å². The summed E-state index contributed by atoms with van der Waals surface area (Å²) >= 11 is 0. The Balaban J connectivity index is 1.57. The van der Waals surface area contributed by atoms with Crippen molar-refractivity contribution in [3.63, 3.8) is 0 Å². The molecule has 0 heterocycles. The molecule has 3 rings (SSSR count). The van der Waals surface area contributed by atoms with Crippen LogP contribution in [0.25, 0.3) is 0 Å². The number of nitrogens with one attached hydrogen (secondary N) is 2. The Bertz CT molecular complexity index is 900. The molecule has 0 aliphatic carbocycles. The fourth-order valence-electron chi connectivity index (χ4n) is 2.86. The number of benzene rings is 3. The van der Waals surface area contributed by atoms with Crippen LogP contribution in [0.15, 0.2) is 84.9 Å². The van der Waals surface area contributed by atoms with E-state index in [0.29, 0.717) is 11.4 Å². The lowest BCUT2D eigenvalue weighted by Gasteiger charge is -2.18. The molecular formula is C24H24N2O4. The zero-order chi connectivity index (χ0) is 21.3. The molecule has 0 saturated heterocycles. The average molecular weight is 404 g/mol. The van der Waals surface area contributed by atoms with Crippen molar-refractivity contribution in [2.45, 2.75) is 26.1 Å². The summed E-state index contributed by atoms with van der Waals surface area (Å²) in [5.74, 6) is 0. The molecule has 6 heteroatoms. The average Bonchev–Trinajstić information content (AvgIpc) is 2.75. The highest BCUT2D eigenvalue weighted by atomic mass is 16.6. The Morgan fingerprint density at radius 3 is 1.43 bits per heavy atom. The highest BCUT2D eigenvalue weighted by Gasteiger charge is 2.16. The molecular weight excluding hydrogens is 380 g/mol. The summed E-state index contributed by atoms with van der Waals surface area (Å²) in [5, 5.41) is 5.38. The van der Waals surface area contributed by atoms with E-state index in [1.54, 1.807) is 38.1 Å². The molecule has 3 aromatic rings. The van der Waals surface area contributed by atoms with E-state index in [9.17, 15) is 9.59 Å². The summed E-state index contributed by atoms with van der Waals surface area (Å²) < 4.78 is 10.9. The Morgan fingerprint density at radius 2 is 1.03 bits per heavy atom. The zero-order valence-electron chi connectivity index (χ0n) is 16.9. The van der Waals surface area contributed by atoms with E-state index >= 15 is 0 Å². The molecule has 0 spiro atoms. The van der Waals surface area contributed by atoms with Gasteiger partial charge in [-0.1, -0.05) is 54.6 Å². The Kier molecular flexibility index (Phi) is 7.05. The molecule has 0 radical (unpaired) electrons. The van der Waals surface area contributed by atoms with Gasteiger partial charge in [0, 0.05) is 11.4 Å². The van der Waals surface area contributed by atoms with Crippen LogP contribution < -0.4 is 10.6 Å². The number of anilines is 2. The van der Waals surface area contributed by atoms with Gasteiger partial charge in [-0.25, -0.2) is 9.59 Å². The summed E-state index contributed by atoms with van der Waals surface area (Å²) in [6.07, 6.45) is -2.02. The molecule has 0 aliphatic heterocycles. The molecule has 30 heavy (non-hydrogen) atoms. The topological polar surface area (TPSA) is 76.7 Å². The van der Waals surface area contributed by atoms with Gasteiger partial charge in [0.2, 0.25) is 0 Å². The van der Waals surface area contributed by atoms with Crippen molar-refractivity contribution in [3.8, 4) is 0 Å². The lowest BCUT2D eigenvalue weighted by atomic mass is 10.0. The van der Waals surface area contributed by atoms with E-state index in [2.05, 4.69) is 10.6 Å². The van der Waals surface area contributed by atoms with Gasteiger partial charge in [-0.05, 0) is 55.3 Å². The molecule has 0 aromatic heterocycles. The summed E-state index contributed by atoms with van der Waals surface area (Å²) in [5.41, 5.74) is 2.93. The molecule has 2 amide bonds. The van der Waals surface area contributed by atoms with Crippen molar-refractivity contribution in [2.24, 2.45) is 0 Å². The maximum absolute atomic E-state index is 12.1. The van der Waals surface area contributed by atoms with Crippen LogP contribution in [-0.2, 0) is 9.47 Å². The highest BCUT2D eigenvalue weighted by Crippen LogP contribution is 2.24. The van der Waals surface area contributed by atoms with Gasteiger partial charge >= 0.3 is 12.2 Å². The van der Waals surface area contributed by atoms with E-state index in [1.807, 2.05) is 60.7 Å². The maximum atomic E-state index is 12.1. The zero-order valence-corrected chi connectivity index (χ0v) is 16.9. The normalized spacial score (nSPS) is 12.3. The number of hydrogen-bond acceptors (Lipinski definition) is 4. The van der Waals surface area contributed by atoms with Crippen LogP contribution in [0.3, 0.4) is 0 Å². The molecule has 6 nitrogen and oxygen atoms in total. The first-order valence-corrected chi connectivity index (χ1v) is 9.66. The van der Waals surface area contributed by atoms with Crippen molar-refractivity contribution in [1.82, 2.24) is 0 Å². The summed E-state index contributed by atoms with van der Waals surface area (Å²) in [6.45, 7) is 3.58. The molecule has 0 fully saturated rings. The Hall–Kier alpha value is -3.80. The molecule has 0 bridgehead atoms. The van der Waals surface area contributed by atoms with Crippen LogP contribution in [0.4, 0.5) is 21.0 Å². The quantitative estimate of drug-likeness (QED) is 0.505. The summed E-state index contributed by atoms with van der Waals surface area (Å²) in [7, 11) is 0. The SMILES string of the molecule is C[C@H](OC(=O)Nc1ccccc1)c1cccc([C@@H](C)OC(=O)Nc2ccccc2)c1. The van der Waals surface area contributed by atoms with Gasteiger partial charge in [-0.15, -0.1) is 0 Å². The Morgan fingerprint density at radius 1 is 0.633 bits per heavy atom. The van der Waals surface area contributed by atoms with Crippen molar-refractivity contribution >= 4 is 23.6 Å². The fourth-order valence-corrected chi connectivity index (χ4v) is 2.86. The van der Waals surface area contributed by atoms with Gasteiger partial charge in [0.15, 0.2) is 0 Å². The minimum absolute atomic E-state index is 0.473. The number of hydrogen-bond donors (Lipinski definition) is 2. The summed E-state index contributed by atoms with van der Waals surface area (Å²) in [4.78, 5) is 24.2. The van der Waals surface area contributed by atoms with Gasteiger partial charge < -0.3 is 9.47 Å². The first-order chi connectivity index (χ1) is 14.5. The van der Waals surface area contributed by atoms with Crippen molar-refractivity contribution in [1.29, 1.82) is 0 Å². The molecule has 2 N–H and O–H groups in total. The van der Waals surface area contributed by atoms with Gasteiger partial charge in [0.25, 0.3) is 0 Å². The van der Waals surface area contributed by atoms with Gasteiger partial charge in [-0.2, -0.15) is 0 Å². The van der Waals surface area contributed by atoms with Crippen molar-refractivity contribution in [2.75, 3.05) is 10.6 Å². The molecule has 3 aromatic carbocycles. The van der Waals surface area contributed by atoms with E-state index in [1.165, 1.54) is 0 Å². The lowest BCUT2D eigenvalue weighted by Crippen LogP contribution is -2.17. The van der Waals surface area contributed by atoms with Crippen LogP contribution in [0, 0.1) is 0 Å². The van der Waals surface area contributed by atoms with E-state index < -0.39 is 24.4 Å². The number of rotatable bonds is 6. The predicted octanol–water partition coefficient (Wildman–Crippen LogP) is 6.31. The van der Waals surface area contributed by atoms with Gasteiger partial charge in [0.1, 0.15) is 12.2 Å². The number of para-hydroxylation sites is 2. The van der Waals surface area contributed by atoms with Gasteiger partial charge in [0.05, 0.1) is 0 Å².